The molecule has 3 heteroatoms. The maximum Gasteiger partial charge on any atom is 0.120 e. The van der Waals surface area contributed by atoms with Crippen LogP contribution in [0.25, 0.3) is 21.7 Å². The highest BCUT2D eigenvalue weighted by Crippen LogP contribution is 2.25. The molecule has 0 aliphatic rings. The minimum Gasteiger partial charge on any atom is -0.489 e. The number of aromatic nitrogens is 2. The minimum absolute atomic E-state index is 0.585. The van der Waals surface area contributed by atoms with Crippen molar-refractivity contribution in [2.24, 2.45) is 0 Å². The standard InChI is InChI=1S/C25H22N2O/c1-2-6-19(7-3-1)18-28-23-10-11-25-24(14-23)20(15-26-25)12-13-27-16-21-8-4-5-9-22(21)17-27/h1-11,14-17,26H,12-13,18H2. The van der Waals surface area contributed by atoms with Crippen LogP contribution < -0.4 is 4.74 Å². The molecule has 0 aliphatic carbocycles. The van der Waals surface area contributed by atoms with Gasteiger partial charge in [0.1, 0.15) is 12.4 Å². The predicted molar refractivity (Wildman–Crippen MR) is 115 cm³/mol. The summed E-state index contributed by atoms with van der Waals surface area (Å²) in [6.45, 7) is 1.54. The van der Waals surface area contributed by atoms with E-state index in [0.717, 1.165) is 24.2 Å². The van der Waals surface area contributed by atoms with Crippen LogP contribution in [0.3, 0.4) is 0 Å². The van der Waals surface area contributed by atoms with Crippen molar-refractivity contribution in [2.45, 2.75) is 19.6 Å². The van der Waals surface area contributed by atoms with E-state index in [1.165, 1.54) is 27.3 Å². The lowest BCUT2D eigenvalue weighted by Gasteiger charge is -2.07. The Labute approximate surface area is 164 Å². The summed E-state index contributed by atoms with van der Waals surface area (Å²) in [5.41, 5.74) is 3.65. The zero-order valence-electron chi connectivity index (χ0n) is 15.6. The molecule has 2 heterocycles. The van der Waals surface area contributed by atoms with Crippen LogP contribution >= 0.6 is 0 Å². The van der Waals surface area contributed by atoms with Gasteiger partial charge in [-0.1, -0.05) is 54.6 Å². The Morgan fingerprint density at radius 2 is 1.57 bits per heavy atom. The first-order valence-electron chi connectivity index (χ1n) is 9.66. The number of H-pyrrole nitrogens is 1. The normalized spacial score (nSPS) is 11.3. The lowest BCUT2D eigenvalue weighted by Crippen LogP contribution is -1.98. The summed E-state index contributed by atoms with van der Waals surface area (Å²) in [7, 11) is 0. The number of aromatic amines is 1. The van der Waals surface area contributed by atoms with Gasteiger partial charge >= 0.3 is 0 Å². The molecule has 3 aromatic carbocycles. The molecule has 0 atom stereocenters. The van der Waals surface area contributed by atoms with Crippen LogP contribution in [-0.4, -0.2) is 9.55 Å². The van der Waals surface area contributed by atoms with Crippen LogP contribution in [0.15, 0.2) is 91.4 Å². The third-order valence-electron chi connectivity index (χ3n) is 5.23. The van der Waals surface area contributed by atoms with Gasteiger partial charge in [-0.2, -0.15) is 0 Å². The molecule has 3 nitrogen and oxygen atoms in total. The van der Waals surface area contributed by atoms with Gasteiger partial charge in [0.05, 0.1) is 0 Å². The van der Waals surface area contributed by atoms with Crippen molar-refractivity contribution in [1.82, 2.24) is 9.55 Å². The van der Waals surface area contributed by atoms with Gasteiger partial charge in [0.25, 0.3) is 0 Å². The Balaban J connectivity index is 1.33. The molecule has 1 N–H and O–H groups in total. The van der Waals surface area contributed by atoms with Crippen molar-refractivity contribution >= 4 is 21.7 Å². The van der Waals surface area contributed by atoms with Crippen LogP contribution in [0, 0.1) is 0 Å². The van der Waals surface area contributed by atoms with Crippen LogP contribution in [0.5, 0.6) is 5.75 Å². The fraction of sp³-hybridized carbons (Fsp3) is 0.120. The van der Waals surface area contributed by atoms with Crippen LogP contribution in [0.2, 0.25) is 0 Å². The molecule has 0 aliphatic heterocycles. The molecule has 5 rings (SSSR count). The second kappa shape index (κ2) is 7.28. The summed E-state index contributed by atoms with van der Waals surface area (Å²) in [6.07, 6.45) is 7.54. The molecule has 0 saturated heterocycles. The van der Waals surface area contributed by atoms with Gasteiger partial charge in [-0.25, -0.2) is 0 Å². The minimum atomic E-state index is 0.585. The number of hydrogen-bond donors (Lipinski definition) is 1. The molecule has 0 saturated carbocycles. The monoisotopic (exact) mass is 366 g/mol. The molecular formula is C25H22N2O. The first kappa shape index (κ1) is 16.7. The topological polar surface area (TPSA) is 29.9 Å². The van der Waals surface area contributed by atoms with E-state index >= 15 is 0 Å². The molecule has 0 fully saturated rings. The van der Waals surface area contributed by atoms with Gasteiger partial charge in [-0.05, 0) is 46.5 Å². The van der Waals surface area contributed by atoms with E-state index in [2.05, 4.69) is 76.7 Å². The van der Waals surface area contributed by atoms with Gasteiger partial charge in [-0.3, -0.25) is 0 Å². The van der Waals surface area contributed by atoms with Crippen LogP contribution in [0.4, 0.5) is 0 Å². The Morgan fingerprint density at radius 3 is 2.36 bits per heavy atom. The summed E-state index contributed by atoms with van der Waals surface area (Å²) < 4.78 is 8.29. The van der Waals surface area contributed by atoms with Gasteiger partial charge in [0, 0.05) is 36.0 Å². The second-order valence-electron chi connectivity index (χ2n) is 7.17. The van der Waals surface area contributed by atoms with Crippen LogP contribution in [0.1, 0.15) is 11.1 Å². The van der Waals surface area contributed by atoms with E-state index in [0.29, 0.717) is 6.61 Å². The first-order valence-corrected chi connectivity index (χ1v) is 9.66. The van der Waals surface area contributed by atoms with Crippen molar-refractivity contribution in [1.29, 1.82) is 0 Å². The largest absolute Gasteiger partial charge is 0.489 e. The van der Waals surface area contributed by atoms with E-state index in [9.17, 15) is 0 Å². The predicted octanol–water partition coefficient (Wildman–Crippen LogP) is 5.94. The fourth-order valence-corrected chi connectivity index (χ4v) is 3.71. The number of rotatable bonds is 6. The number of benzene rings is 3. The highest BCUT2D eigenvalue weighted by molar-refractivity contribution is 5.85. The van der Waals surface area contributed by atoms with E-state index in [-0.39, 0.29) is 0 Å². The molecule has 138 valence electrons. The maximum atomic E-state index is 6.01. The van der Waals surface area contributed by atoms with E-state index in [1.807, 2.05) is 24.3 Å². The highest BCUT2D eigenvalue weighted by Gasteiger charge is 2.07. The zero-order chi connectivity index (χ0) is 18.8. The quantitative estimate of drug-likeness (QED) is 0.396. The average molecular weight is 366 g/mol. The second-order valence-corrected chi connectivity index (χ2v) is 7.17. The SMILES string of the molecule is c1ccc(COc2ccc3[nH]cc(CCn4cc5ccccc5c4)c3c2)cc1. The van der Waals surface area contributed by atoms with E-state index in [1.54, 1.807) is 0 Å². The number of nitrogens with zero attached hydrogens (tertiary/aromatic N) is 1. The molecule has 5 aromatic rings. The fourth-order valence-electron chi connectivity index (χ4n) is 3.71. The van der Waals surface area contributed by atoms with Crippen molar-refractivity contribution in [2.75, 3.05) is 0 Å². The summed E-state index contributed by atoms with van der Waals surface area (Å²) in [5, 5.41) is 3.82. The summed E-state index contributed by atoms with van der Waals surface area (Å²) in [6, 6.07) is 25.0. The van der Waals surface area contributed by atoms with Crippen molar-refractivity contribution in [3.05, 3.63) is 103 Å². The number of aryl methyl sites for hydroxylation is 2. The molecular weight excluding hydrogens is 344 g/mol. The van der Waals surface area contributed by atoms with Gasteiger partial charge in [0.15, 0.2) is 0 Å². The summed E-state index contributed by atoms with van der Waals surface area (Å²) >= 11 is 0. The smallest absolute Gasteiger partial charge is 0.120 e. The molecule has 28 heavy (non-hydrogen) atoms. The molecule has 2 aromatic heterocycles. The Hall–Kier alpha value is -3.46. The van der Waals surface area contributed by atoms with E-state index < -0.39 is 0 Å². The maximum absolute atomic E-state index is 6.01. The number of hydrogen-bond acceptors (Lipinski definition) is 1. The molecule has 0 spiro atoms. The van der Waals surface area contributed by atoms with Gasteiger partial charge in [-0.15, -0.1) is 0 Å². The highest BCUT2D eigenvalue weighted by atomic mass is 16.5. The molecule has 0 unspecified atom stereocenters. The lowest BCUT2D eigenvalue weighted by atomic mass is 10.1. The first-order chi connectivity index (χ1) is 13.8. The third-order valence-corrected chi connectivity index (χ3v) is 5.23. The Bertz CT molecular complexity index is 1180. The number of nitrogens with one attached hydrogen (secondary N) is 1. The molecule has 0 radical (unpaired) electrons. The summed E-state index contributed by atoms with van der Waals surface area (Å²) in [4.78, 5) is 3.39. The molecule has 0 bridgehead atoms. The Morgan fingerprint density at radius 1 is 0.821 bits per heavy atom. The number of fused-ring (bicyclic) bond motifs is 2. The van der Waals surface area contributed by atoms with Crippen LogP contribution in [-0.2, 0) is 19.6 Å². The number of ether oxygens (including phenoxy) is 1. The third kappa shape index (κ3) is 3.39. The lowest BCUT2D eigenvalue weighted by molar-refractivity contribution is 0.306. The van der Waals surface area contributed by atoms with E-state index in [4.69, 9.17) is 4.74 Å². The Kier molecular flexibility index (Phi) is 4.34. The zero-order valence-corrected chi connectivity index (χ0v) is 15.6. The van der Waals surface area contributed by atoms with Crippen molar-refractivity contribution < 1.29 is 4.74 Å². The van der Waals surface area contributed by atoms with Gasteiger partial charge in [0.2, 0.25) is 0 Å². The van der Waals surface area contributed by atoms with Crippen molar-refractivity contribution in [3.63, 3.8) is 0 Å². The average Bonchev–Trinajstić information content (AvgIpc) is 3.34. The van der Waals surface area contributed by atoms with Gasteiger partial charge < -0.3 is 14.3 Å². The molecule has 0 amide bonds. The summed E-state index contributed by atoms with van der Waals surface area (Å²) in [5.74, 6) is 0.906. The van der Waals surface area contributed by atoms with Crippen molar-refractivity contribution in [3.8, 4) is 5.75 Å².